The van der Waals surface area contributed by atoms with Crippen molar-refractivity contribution in [3.8, 4) is 0 Å². The zero-order chi connectivity index (χ0) is 20.2. The average molecular weight is 393 g/mol. The van der Waals surface area contributed by atoms with E-state index < -0.39 is 0 Å². The molecule has 0 bridgehead atoms. The van der Waals surface area contributed by atoms with Gasteiger partial charge in [-0.05, 0) is 37.0 Å². The standard InChI is InChI=1S/C21H27N7O/c1-15(2)19-12-17(25-26-19)14-27-10-6-18(7-11-27)28-20(5-9-23-28)24-21(29)16-4-3-8-22-13-16/h3-5,8-9,12-13,15,18H,6-7,10-11,14H2,1-2H3,(H,24,29)(H,25,26). The summed E-state index contributed by atoms with van der Waals surface area (Å²) in [7, 11) is 0. The number of carbonyl (C=O) groups is 1. The van der Waals surface area contributed by atoms with Crippen LogP contribution in [0.15, 0.2) is 42.9 Å². The molecule has 4 rings (SSSR count). The van der Waals surface area contributed by atoms with E-state index in [1.807, 2.05) is 10.7 Å². The number of anilines is 1. The first-order chi connectivity index (χ1) is 14.1. The summed E-state index contributed by atoms with van der Waals surface area (Å²) in [6.07, 6.45) is 6.94. The largest absolute Gasteiger partial charge is 0.307 e. The van der Waals surface area contributed by atoms with Crippen LogP contribution in [0.1, 0.15) is 60.4 Å². The van der Waals surface area contributed by atoms with Crippen molar-refractivity contribution < 1.29 is 4.79 Å². The lowest BCUT2D eigenvalue weighted by molar-refractivity contribution is 0.102. The molecule has 0 spiro atoms. The highest BCUT2D eigenvalue weighted by molar-refractivity contribution is 6.03. The molecular formula is C21H27N7O. The number of aromatic amines is 1. The smallest absolute Gasteiger partial charge is 0.258 e. The third-order valence-electron chi connectivity index (χ3n) is 5.37. The molecule has 1 saturated heterocycles. The van der Waals surface area contributed by atoms with Crippen LogP contribution in [0.3, 0.4) is 0 Å². The summed E-state index contributed by atoms with van der Waals surface area (Å²) in [5.41, 5.74) is 2.81. The Balaban J connectivity index is 1.34. The number of pyridine rings is 1. The molecule has 3 aromatic heterocycles. The van der Waals surface area contributed by atoms with Crippen molar-refractivity contribution in [3.05, 3.63) is 59.8 Å². The number of nitrogens with one attached hydrogen (secondary N) is 2. The topological polar surface area (TPSA) is 91.7 Å². The number of H-pyrrole nitrogens is 1. The molecule has 1 aliphatic rings. The minimum Gasteiger partial charge on any atom is -0.307 e. The van der Waals surface area contributed by atoms with E-state index in [0.29, 0.717) is 11.5 Å². The molecule has 0 saturated carbocycles. The van der Waals surface area contributed by atoms with E-state index in [1.54, 1.807) is 30.7 Å². The Morgan fingerprint density at radius 3 is 2.79 bits per heavy atom. The maximum atomic E-state index is 12.4. The van der Waals surface area contributed by atoms with Crippen LogP contribution in [-0.4, -0.2) is 48.9 Å². The highest BCUT2D eigenvalue weighted by atomic mass is 16.1. The third kappa shape index (κ3) is 4.54. The van der Waals surface area contributed by atoms with Crippen molar-refractivity contribution in [2.75, 3.05) is 18.4 Å². The van der Waals surface area contributed by atoms with Gasteiger partial charge in [-0.25, -0.2) is 4.68 Å². The van der Waals surface area contributed by atoms with Crippen molar-refractivity contribution in [1.82, 2.24) is 29.9 Å². The van der Waals surface area contributed by atoms with E-state index in [9.17, 15) is 4.79 Å². The number of hydrogen-bond donors (Lipinski definition) is 2. The van der Waals surface area contributed by atoms with E-state index in [2.05, 4.69) is 50.4 Å². The van der Waals surface area contributed by atoms with E-state index >= 15 is 0 Å². The number of aromatic nitrogens is 5. The van der Waals surface area contributed by atoms with Gasteiger partial charge in [0.1, 0.15) is 5.82 Å². The molecule has 152 valence electrons. The van der Waals surface area contributed by atoms with Crippen LogP contribution in [0, 0.1) is 0 Å². The van der Waals surface area contributed by atoms with Crippen molar-refractivity contribution in [1.29, 1.82) is 0 Å². The normalized spacial score (nSPS) is 15.7. The molecule has 3 aromatic rings. The molecule has 1 amide bonds. The Kier molecular flexibility index (Phi) is 5.71. The second-order valence-corrected chi connectivity index (χ2v) is 7.84. The van der Waals surface area contributed by atoms with Gasteiger partial charge in [-0.15, -0.1) is 0 Å². The van der Waals surface area contributed by atoms with Crippen molar-refractivity contribution >= 4 is 11.7 Å². The molecule has 8 heteroatoms. The fourth-order valence-electron chi connectivity index (χ4n) is 3.71. The molecule has 0 unspecified atom stereocenters. The van der Waals surface area contributed by atoms with Gasteiger partial charge in [0.25, 0.3) is 5.91 Å². The van der Waals surface area contributed by atoms with Gasteiger partial charge in [-0.1, -0.05) is 13.8 Å². The first-order valence-corrected chi connectivity index (χ1v) is 10.1. The van der Waals surface area contributed by atoms with Crippen LogP contribution in [0.25, 0.3) is 0 Å². The quantitative estimate of drug-likeness (QED) is 0.671. The summed E-state index contributed by atoms with van der Waals surface area (Å²) in [5, 5.41) is 15.0. The van der Waals surface area contributed by atoms with Crippen LogP contribution >= 0.6 is 0 Å². The average Bonchev–Trinajstić information content (AvgIpc) is 3.39. The number of rotatable bonds is 6. The molecule has 1 aliphatic heterocycles. The van der Waals surface area contributed by atoms with Gasteiger partial charge >= 0.3 is 0 Å². The zero-order valence-electron chi connectivity index (χ0n) is 16.9. The number of carbonyl (C=O) groups excluding carboxylic acids is 1. The Hall–Kier alpha value is -3.00. The fraction of sp³-hybridized carbons (Fsp3) is 0.429. The van der Waals surface area contributed by atoms with Crippen LogP contribution in [-0.2, 0) is 6.54 Å². The molecule has 0 aliphatic carbocycles. The van der Waals surface area contributed by atoms with E-state index in [4.69, 9.17) is 0 Å². The van der Waals surface area contributed by atoms with Crippen LogP contribution in [0.5, 0.6) is 0 Å². The van der Waals surface area contributed by atoms with E-state index in [1.165, 1.54) is 0 Å². The molecule has 2 N–H and O–H groups in total. The van der Waals surface area contributed by atoms with Gasteiger partial charge in [0.15, 0.2) is 0 Å². The fourth-order valence-corrected chi connectivity index (χ4v) is 3.71. The summed E-state index contributed by atoms with van der Waals surface area (Å²) < 4.78 is 1.94. The highest BCUT2D eigenvalue weighted by Gasteiger charge is 2.24. The Labute approximate surface area is 170 Å². The summed E-state index contributed by atoms with van der Waals surface area (Å²) in [5.74, 6) is 0.996. The van der Waals surface area contributed by atoms with E-state index in [0.717, 1.165) is 49.7 Å². The first kappa shape index (κ1) is 19.3. The third-order valence-corrected chi connectivity index (χ3v) is 5.37. The summed E-state index contributed by atoms with van der Waals surface area (Å²) >= 11 is 0. The molecule has 4 heterocycles. The number of hydrogen-bond acceptors (Lipinski definition) is 5. The predicted molar refractivity (Wildman–Crippen MR) is 111 cm³/mol. The van der Waals surface area contributed by atoms with Gasteiger partial charge < -0.3 is 5.32 Å². The lowest BCUT2D eigenvalue weighted by Crippen LogP contribution is -2.35. The molecule has 8 nitrogen and oxygen atoms in total. The lowest BCUT2D eigenvalue weighted by atomic mass is 10.0. The first-order valence-electron chi connectivity index (χ1n) is 10.1. The Morgan fingerprint density at radius 2 is 2.10 bits per heavy atom. The van der Waals surface area contributed by atoms with Crippen molar-refractivity contribution in [3.63, 3.8) is 0 Å². The summed E-state index contributed by atoms with van der Waals surface area (Å²) in [6, 6.07) is 7.79. The Morgan fingerprint density at radius 1 is 1.28 bits per heavy atom. The van der Waals surface area contributed by atoms with Crippen molar-refractivity contribution in [2.45, 2.75) is 45.2 Å². The molecule has 0 atom stereocenters. The van der Waals surface area contributed by atoms with Gasteiger partial charge in [-0.3, -0.25) is 19.8 Å². The second kappa shape index (κ2) is 8.57. The van der Waals surface area contributed by atoms with Crippen LogP contribution < -0.4 is 5.32 Å². The Bertz CT molecular complexity index is 939. The number of amides is 1. The lowest BCUT2D eigenvalue weighted by Gasteiger charge is -2.32. The maximum absolute atomic E-state index is 12.4. The van der Waals surface area contributed by atoms with E-state index in [-0.39, 0.29) is 11.9 Å². The van der Waals surface area contributed by atoms with Crippen molar-refractivity contribution in [2.24, 2.45) is 0 Å². The maximum Gasteiger partial charge on any atom is 0.258 e. The monoisotopic (exact) mass is 393 g/mol. The van der Waals surface area contributed by atoms with Gasteiger partial charge in [-0.2, -0.15) is 10.2 Å². The van der Waals surface area contributed by atoms with Crippen LogP contribution in [0.4, 0.5) is 5.82 Å². The number of piperidine rings is 1. The zero-order valence-corrected chi connectivity index (χ0v) is 16.9. The molecule has 0 radical (unpaired) electrons. The minimum absolute atomic E-state index is 0.169. The predicted octanol–water partition coefficient (Wildman–Crippen LogP) is 3.21. The van der Waals surface area contributed by atoms with Gasteiger partial charge in [0.2, 0.25) is 0 Å². The molecule has 29 heavy (non-hydrogen) atoms. The summed E-state index contributed by atoms with van der Waals surface area (Å²) in [6.45, 7) is 7.16. The number of nitrogens with zero attached hydrogens (tertiary/aromatic N) is 5. The minimum atomic E-state index is -0.169. The molecular weight excluding hydrogens is 366 g/mol. The van der Waals surface area contributed by atoms with Crippen LogP contribution in [0.2, 0.25) is 0 Å². The second-order valence-electron chi connectivity index (χ2n) is 7.84. The van der Waals surface area contributed by atoms with Gasteiger partial charge in [0.05, 0.1) is 23.5 Å². The molecule has 0 aromatic carbocycles. The highest BCUT2D eigenvalue weighted by Crippen LogP contribution is 2.26. The van der Waals surface area contributed by atoms with Gasteiger partial charge in [0, 0.05) is 43.8 Å². The SMILES string of the molecule is CC(C)c1cc(CN2CCC(n3nccc3NC(=O)c3cccnc3)CC2)[nH]n1. The molecule has 1 fully saturated rings. The summed E-state index contributed by atoms with van der Waals surface area (Å²) in [4.78, 5) is 18.9. The number of likely N-dealkylation sites (tertiary alicyclic amines) is 1.